The summed E-state index contributed by atoms with van der Waals surface area (Å²) in [5.41, 5.74) is 5.86. The lowest BCUT2D eigenvalue weighted by Gasteiger charge is -2.29. The highest BCUT2D eigenvalue weighted by Crippen LogP contribution is 2.10. The molecule has 0 aromatic carbocycles. The maximum absolute atomic E-state index is 12.8. The zero-order chi connectivity index (χ0) is 24.3. The Morgan fingerprint density at radius 1 is 0.903 bits per heavy atom. The van der Waals surface area contributed by atoms with Gasteiger partial charge in [0.15, 0.2) is 0 Å². The van der Waals surface area contributed by atoms with Gasteiger partial charge in [-0.15, -0.1) is 0 Å². The van der Waals surface area contributed by atoms with Crippen LogP contribution in [-0.2, 0) is 19.2 Å². The molecule has 0 spiro atoms. The average Bonchev–Trinajstić information content (AvgIpc) is 2.70. The lowest BCUT2D eigenvalue weighted by molar-refractivity contribution is -0.144. The van der Waals surface area contributed by atoms with Crippen LogP contribution in [0.5, 0.6) is 0 Å². The summed E-state index contributed by atoms with van der Waals surface area (Å²) in [6, 6.07) is -4.30. The van der Waals surface area contributed by atoms with Crippen molar-refractivity contribution in [2.75, 3.05) is 12.0 Å². The highest BCUT2D eigenvalue weighted by Gasteiger charge is 2.34. The van der Waals surface area contributed by atoms with Crippen LogP contribution in [0, 0.1) is 11.8 Å². The highest BCUT2D eigenvalue weighted by molar-refractivity contribution is 7.98. The Hall–Kier alpha value is -1.85. The summed E-state index contributed by atoms with van der Waals surface area (Å²) < 4.78 is 0. The lowest BCUT2D eigenvalue weighted by atomic mass is 9.98. The minimum Gasteiger partial charge on any atom is -0.480 e. The average molecular weight is 463 g/mol. The third kappa shape index (κ3) is 9.88. The molecule has 6 unspecified atom stereocenters. The molecule has 31 heavy (non-hydrogen) atoms. The van der Waals surface area contributed by atoms with Crippen molar-refractivity contribution in [3.8, 4) is 0 Å². The smallest absolute Gasteiger partial charge is 0.326 e. The van der Waals surface area contributed by atoms with Crippen molar-refractivity contribution in [2.24, 2.45) is 17.6 Å². The van der Waals surface area contributed by atoms with E-state index in [0.717, 1.165) is 0 Å². The maximum Gasteiger partial charge on any atom is 0.326 e. The van der Waals surface area contributed by atoms with E-state index in [9.17, 15) is 29.4 Å². The standard InChI is InChI=1S/C20H38N4O6S/c1-7-11(4)15(20(29)30)23-19(28)16(12(5)25)24-18(27)14(10(2)3)22-17(26)13(21)8-9-31-6/h10-16,25H,7-9,21H2,1-6H3,(H,22,26)(H,23,28)(H,24,27)(H,29,30). The molecule has 0 aliphatic heterocycles. The van der Waals surface area contributed by atoms with Crippen LogP contribution in [-0.4, -0.2) is 76.2 Å². The van der Waals surface area contributed by atoms with Gasteiger partial charge in [0.05, 0.1) is 12.1 Å². The predicted molar refractivity (Wildman–Crippen MR) is 120 cm³/mol. The summed E-state index contributed by atoms with van der Waals surface area (Å²) in [4.78, 5) is 49.3. The van der Waals surface area contributed by atoms with E-state index in [-0.39, 0.29) is 11.8 Å². The van der Waals surface area contributed by atoms with E-state index in [1.54, 1.807) is 39.5 Å². The fourth-order valence-corrected chi connectivity index (χ4v) is 3.24. The molecule has 11 heteroatoms. The molecule has 0 heterocycles. The van der Waals surface area contributed by atoms with Crippen LogP contribution in [0.2, 0.25) is 0 Å². The Morgan fingerprint density at radius 3 is 1.81 bits per heavy atom. The molecule has 0 saturated heterocycles. The Morgan fingerprint density at radius 2 is 1.39 bits per heavy atom. The Bertz CT molecular complexity index is 616. The van der Waals surface area contributed by atoms with Crippen LogP contribution in [0.25, 0.3) is 0 Å². The summed E-state index contributed by atoms with van der Waals surface area (Å²) in [5.74, 6) is -3.15. The molecule has 6 atom stereocenters. The zero-order valence-electron chi connectivity index (χ0n) is 19.2. The van der Waals surface area contributed by atoms with Crippen LogP contribution < -0.4 is 21.7 Å². The topological polar surface area (TPSA) is 171 Å². The minimum atomic E-state index is -1.39. The van der Waals surface area contributed by atoms with E-state index in [4.69, 9.17) is 5.73 Å². The van der Waals surface area contributed by atoms with Crippen molar-refractivity contribution >= 4 is 35.5 Å². The van der Waals surface area contributed by atoms with E-state index in [0.29, 0.717) is 18.6 Å². The number of carboxylic acids is 1. The summed E-state index contributed by atoms with van der Waals surface area (Å²) in [7, 11) is 0. The third-order valence-electron chi connectivity index (χ3n) is 5.06. The second-order valence-corrected chi connectivity index (χ2v) is 9.04. The molecule has 10 nitrogen and oxygen atoms in total. The zero-order valence-corrected chi connectivity index (χ0v) is 20.0. The number of aliphatic hydroxyl groups is 1. The van der Waals surface area contributed by atoms with Gasteiger partial charge in [-0.2, -0.15) is 11.8 Å². The monoisotopic (exact) mass is 462 g/mol. The largest absolute Gasteiger partial charge is 0.480 e. The first-order chi connectivity index (χ1) is 14.4. The number of thioether (sulfide) groups is 1. The molecule has 0 saturated carbocycles. The second-order valence-electron chi connectivity index (χ2n) is 8.06. The number of hydrogen-bond acceptors (Lipinski definition) is 7. The fraction of sp³-hybridized carbons (Fsp3) is 0.800. The Kier molecular flexibility index (Phi) is 13.4. The summed E-state index contributed by atoms with van der Waals surface area (Å²) in [5, 5.41) is 26.8. The number of rotatable bonds is 14. The highest BCUT2D eigenvalue weighted by atomic mass is 32.2. The number of aliphatic carboxylic acids is 1. The van der Waals surface area contributed by atoms with Gasteiger partial charge in [-0.3, -0.25) is 14.4 Å². The number of hydrogen-bond donors (Lipinski definition) is 6. The molecule has 0 fully saturated rings. The summed E-state index contributed by atoms with van der Waals surface area (Å²) >= 11 is 1.55. The molecule has 3 amide bonds. The number of nitrogens with two attached hydrogens (primary N) is 1. The van der Waals surface area contributed by atoms with E-state index in [2.05, 4.69) is 16.0 Å². The van der Waals surface area contributed by atoms with Gasteiger partial charge in [0, 0.05) is 0 Å². The van der Waals surface area contributed by atoms with E-state index < -0.39 is 54.0 Å². The molecule has 180 valence electrons. The van der Waals surface area contributed by atoms with Crippen LogP contribution in [0.1, 0.15) is 47.5 Å². The number of amides is 3. The van der Waals surface area contributed by atoms with Gasteiger partial charge in [0.1, 0.15) is 18.1 Å². The van der Waals surface area contributed by atoms with Gasteiger partial charge in [-0.1, -0.05) is 34.1 Å². The fourth-order valence-electron chi connectivity index (χ4n) is 2.75. The van der Waals surface area contributed by atoms with E-state index in [1.807, 2.05) is 6.26 Å². The molecular formula is C20H38N4O6S. The van der Waals surface area contributed by atoms with Crippen molar-refractivity contribution in [1.82, 2.24) is 16.0 Å². The van der Waals surface area contributed by atoms with Gasteiger partial charge < -0.3 is 31.9 Å². The second kappa shape index (κ2) is 14.3. The van der Waals surface area contributed by atoms with Crippen molar-refractivity contribution in [1.29, 1.82) is 0 Å². The van der Waals surface area contributed by atoms with Crippen LogP contribution in [0.15, 0.2) is 0 Å². The van der Waals surface area contributed by atoms with Gasteiger partial charge in [-0.05, 0) is 37.2 Å². The van der Waals surface area contributed by atoms with Gasteiger partial charge >= 0.3 is 5.97 Å². The SMILES string of the molecule is CCC(C)C(NC(=O)C(NC(=O)C(NC(=O)C(N)CCSC)C(C)C)C(C)O)C(=O)O. The van der Waals surface area contributed by atoms with Gasteiger partial charge in [0.25, 0.3) is 0 Å². The minimum absolute atomic E-state index is 0.318. The van der Waals surface area contributed by atoms with Crippen molar-refractivity contribution in [3.63, 3.8) is 0 Å². The lowest BCUT2D eigenvalue weighted by Crippen LogP contribution is -2.61. The number of carbonyl (C=O) groups is 4. The van der Waals surface area contributed by atoms with Gasteiger partial charge in [-0.25, -0.2) is 4.79 Å². The third-order valence-corrected chi connectivity index (χ3v) is 5.70. The van der Waals surface area contributed by atoms with Crippen molar-refractivity contribution in [3.05, 3.63) is 0 Å². The van der Waals surface area contributed by atoms with E-state index in [1.165, 1.54) is 6.92 Å². The molecule has 0 aromatic rings. The molecule has 0 aliphatic carbocycles. The Balaban J connectivity index is 5.34. The summed E-state index contributed by atoms with van der Waals surface area (Å²) in [6.45, 7) is 8.22. The normalized spacial score (nSPS) is 17.1. The molecule has 0 rings (SSSR count). The maximum atomic E-state index is 12.8. The van der Waals surface area contributed by atoms with Gasteiger partial charge in [0.2, 0.25) is 17.7 Å². The molecule has 0 aromatic heterocycles. The number of aliphatic hydroxyl groups excluding tert-OH is 1. The van der Waals surface area contributed by atoms with Crippen molar-refractivity contribution in [2.45, 2.75) is 77.7 Å². The number of carboxylic acid groups (broad SMARTS) is 1. The molecular weight excluding hydrogens is 424 g/mol. The Labute approximate surface area is 188 Å². The predicted octanol–water partition coefficient (Wildman–Crippen LogP) is -0.311. The first-order valence-electron chi connectivity index (χ1n) is 10.4. The van der Waals surface area contributed by atoms with Crippen molar-refractivity contribution < 1.29 is 29.4 Å². The van der Waals surface area contributed by atoms with E-state index >= 15 is 0 Å². The quantitative estimate of drug-likeness (QED) is 0.204. The number of nitrogens with one attached hydrogen (secondary N) is 3. The van der Waals surface area contributed by atoms with Crippen LogP contribution >= 0.6 is 11.8 Å². The molecule has 0 bridgehead atoms. The molecule has 7 N–H and O–H groups in total. The van der Waals surface area contributed by atoms with Crippen LogP contribution in [0.4, 0.5) is 0 Å². The molecule has 0 radical (unpaired) electrons. The first-order valence-corrected chi connectivity index (χ1v) is 11.8. The first kappa shape index (κ1) is 29.1. The molecule has 0 aliphatic rings. The summed E-state index contributed by atoms with van der Waals surface area (Å²) in [6.07, 6.45) is 1.57. The van der Waals surface area contributed by atoms with Crippen LogP contribution in [0.3, 0.4) is 0 Å². The number of carbonyl (C=O) groups excluding carboxylic acids is 3.